The Hall–Kier alpha value is -0.650. The van der Waals surface area contributed by atoms with Crippen molar-refractivity contribution < 1.29 is 15.0 Å². The van der Waals surface area contributed by atoms with Gasteiger partial charge in [-0.2, -0.15) is 0 Å². The number of aliphatic hydroxyl groups excluding tert-OH is 1. The second-order valence-electron chi connectivity index (χ2n) is 3.10. The van der Waals surface area contributed by atoms with Gasteiger partial charge in [0.25, 0.3) is 0 Å². The molecule has 0 aromatic carbocycles. The van der Waals surface area contributed by atoms with Gasteiger partial charge < -0.3 is 15.5 Å². The number of carbonyl (C=O) groups is 1. The number of β-amino-alcohol motifs (C(OH)–C–C–N with tert-alkyl or cyclic N) is 1. The van der Waals surface area contributed by atoms with E-state index >= 15 is 0 Å². The topological polar surface area (TPSA) is 72.8 Å². The molecule has 12 heavy (non-hydrogen) atoms. The van der Waals surface area contributed by atoms with Crippen LogP contribution in [0, 0.1) is 0 Å². The van der Waals surface area contributed by atoms with Gasteiger partial charge in [-0.15, -0.1) is 0 Å². The maximum absolute atomic E-state index is 10.3. The highest BCUT2D eigenvalue weighted by Crippen LogP contribution is 2.06. The number of aliphatic carboxylic acids is 1. The van der Waals surface area contributed by atoms with Crippen molar-refractivity contribution in [3.63, 3.8) is 0 Å². The Morgan fingerprint density at radius 1 is 1.67 bits per heavy atom. The number of hydrogen-bond acceptors (Lipinski definition) is 4. The first kappa shape index (κ1) is 9.44. The third-order valence-corrected chi connectivity index (χ3v) is 2.10. The Kier molecular flexibility index (Phi) is 3.02. The van der Waals surface area contributed by atoms with Crippen molar-refractivity contribution in [2.45, 2.75) is 12.1 Å². The third kappa shape index (κ3) is 2.17. The molecule has 1 saturated heterocycles. The molecule has 1 rings (SSSR count). The van der Waals surface area contributed by atoms with Gasteiger partial charge in [-0.3, -0.25) is 9.69 Å². The smallest absolute Gasteiger partial charge is 0.317 e. The van der Waals surface area contributed by atoms with Crippen LogP contribution in [0.5, 0.6) is 0 Å². The molecule has 5 nitrogen and oxygen atoms in total. The number of nitrogens with zero attached hydrogens (tertiary/aromatic N) is 1. The molecule has 0 aromatic heterocycles. The molecular formula is C7H14N2O3. The summed E-state index contributed by atoms with van der Waals surface area (Å²) in [5.41, 5.74) is 0. The summed E-state index contributed by atoms with van der Waals surface area (Å²) >= 11 is 0. The van der Waals surface area contributed by atoms with Gasteiger partial charge in [0, 0.05) is 19.1 Å². The molecule has 2 atom stereocenters. The normalized spacial score (nSPS) is 29.6. The van der Waals surface area contributed by atoms with Gasteiger partial charge in [0.2, 0.25) is 0 Å². The van der Waals surface area contributed by atoms with Gasteiger partial charge in [0.05, 0.1) is 12.6 Å². The quantitative estimate of drug-likeness (QED) is 0.477. The second-order valence-corrected chi connectivity index (χ2v) is 3.10. The minimum atomic E-state index is -0.864. The molecule has 0 radical (unpaired) electrons. The Morgan fingerprint density at radius 3 is 2.75 bits per heavy atom. The molecule has 1 aliphatic heterocycles. The first-order valence-electron chi connectivity index (χ1n) is 3.92. The van der Waals surface area contributed by atoms with Crippen LogP contribution in [-0.4, -0.2) is 59.9 Å². The monoisotopic (exact) mass is 174 g/mol. The van der Waals surface area contributed by atoms with Crippen molar-refractivity contribution in [1.29, 1.82) is 0 Å². The lowest BCUT2D eigenvalue weighted by atomic mass is 10.2. The first-order chi connectivity index (χ1) is 5.61. The Bertz CT molecular complexity index is 174. The summed E-state index contributed by atoms with van der Waals surface area (Å²) in [7, 11) is 1.70. The molecule has 0 saturated carbocycles. The molecule has 3 N–H and O–H groups in total. The average molecular weight is 174 g/mol. The van der Waals surface area contributed by atoms with E-state index in [0.717, 1.165) is 0 Å². The minimum Gasteiger partial charge on any atom is -0.480 e. The van der Waals surface area contributed by atoms with Crippen molar-refractivity contribution in [2.24, 2.45) is 0 Å². The largest absolute Gasteiger partial charge is 0.480 e. The van der Waals surface area contributed by atoms with Crippen LogP contribution in [0.15, 0.2) is 0 Å². The highest BCUT2D eigenvalue weighted by molar-refractivity contribution is 5.69. The zero-order valence-electron chi connectivity index (χ0n) is 7.03. The average Bonchev–Trinajstić information content (AvgIpc) is 2.33. The molecule has 1 aliphatic rings. The summed E-state index contributed by atoms with van der Waals surface area (Å²) in [5, 5.41) is 20.9. The van der Waals surface area contributed by atoms with E-state index in [9.17, 15) is 9.90 Å². The van der Waals surface area contributed by atoms with Crippen LogP contribution in [-0.2, 0) is 4.79 Å². The Morgan fingerprint density at radius 2 is 2.33 bits per heavy atom. The lowest BCUT2D eigenvalue weighted by Gasteiger charge is -2.23. The standard InChI is InChI=1S/C7H14N2O3/c1-9(4-7(11)12)5-2-8-3-6(5)10/h5-6,8,10H,2-4H2,1H3,(H,11,12)/t5-,6-/m1/s1. The number of aliphatic hydroxyl groups is 1. The number of rotatable bonds is 3. The van der Waals surface area contributed by atoms with Crippen molar-refractivity contribution in [2.75, 3.05) is 26.7 Å². The zero-order valence-corrected chi connectivity index (χ0v) is 7.03. The molecule has 0 aliphatic carbocycles. The van der Waals surface area contributed by atoms with Crippen LogP contribution >= 0.6 is 0 Å². The molecule has 0 bridgehead atoms. The zero-order chi connectivity index (χ0) is 9.14. The van der Waals surface area contributed by atoms with Crippen molar-refractivity contribution in [3.8, 4) is 0 Å². The van der Waals surface area contributed by atoms with E-state index in [0.29, 0.717) is 13.1 Å². The summed E-state index contributed by atoms with van der Waals surface area (Å²) in [6, 6.07) is -0.0684. The second kappa shape index (κ2) is 3.84. The van der Waals surface area contributed by atoms with Gasteiger partial charge in [0.1, 0.15) is 0 Å². The van der Waals surface area contributed by atoms with Crippen LogP contribution in [0.3, 0.4) is 0 Å². The molecule has 1 heterocycles. The molecular weight excluding hydrogens is 160 g/mol. The van der Waals surface area contributed by atoms with Gasteiger partial charge in [-0.1, -0.05) is 0 Å². The lowest BCUT2D eigenvalue weighted by Crippen LogP contribution is -2.43. The summed E-state index contributed by atoms with van der Waals surface area (Å²) < 4.78 is 0. The minimum absolute atomic E-state index is 0.0244. The lowest BCUT2D eigenvalue weighted by molar-refractivity contribution is -0.138. The van der Waals surface area contributed by atoms with E-state index in [4.69, 9.17) is 5.11 Å². The highest BCUT2D eigenvalue weighted by Gasteiger charge is 2.28. The molecule has 5 heteroatoms. The molecule has 1 fully saturated rings. The van der Waals surface area contributed by atoms with Crippen LogP contribution in [0.2, 0.25) is 0 Å². The predicted octanol–water partition coefficient (Wildman–Crippen LogP) is -1.66. The van der Waals surface area contributed by atoms with E-state index in [1.807, 2.05) is 0 Å². The number of nitrogens with one attached hydrogen (secondary N) is 1. The molecule has 0 unspecified atom stereocenters. The number of carboxylic acid groups (broad SMARTS) is 1. The van der Waals surface area contributed by atoms with Gasteiger partial charge in [0.15, 0.2) is 0 Å². The highest BCUT2D eigenvalue weighted by atomic mass is 16.4. The SMILES string of the molecule is CN(CC(=O)O)[C@@H]1CNC[C@H]1O. The maximum Gasteiger partial charge on any atom is 0.317 e. The predicted molar refractivity (Wildman–Crippen MR) is 42.9 cm³/mol. The maximum atomic E-state index is 10.3. The fourth-order valence-electron chi connectivity index (χ4n) is 1.43. The summed E-state index contributed by atoms with van der Waals surface area (Å²) in [6.07, 6.45) is -0.450. The van der Waals surface area contributed by atoms with E-state index in [-0.39, 0.29) is 12.6 Å². The van der Waals surface area contributed by atoms with Gasteiger partial charge in [-0.05, 0) is 7.05 Å². The van der Waals surface area contributed by atoms with Crippen molar-refractivity contribution >= 4 is 5.97 Å². The van der Waals surface area contributed by atoms with Crippen LogP contribution in [0.1, 0.15) is 0 Å². The van der Waals surface area contributed by atoms with Crippen molar-refractivity contribution in [1.82, 2.24) is 10.2 Å². The Labute approximate surface area is 71.0 Å². The summed E-state index contributed by atoms with van der Waals surface area (Å²) in [4.78, 5) is 12.0. The van der Waals surface area contributed by atoms with Gasteiger partial charge >= 0.3 is 5.97 Å². The number of likely N-dealkylation sites (N-methyl/N-ethyl adjacent to an activating group) is 1. The van der Waals surface area contributed by atoms with Crippen LogP contribution in [0.4, 0.5) is 0 Å². The van der Waals surface area contributed by atoms with Crippen LogP contribution in [0.25, 0.3) is 0 Å². The van der Waals surface area contributed by atoms with E-state index in [1.165, 1.54) is 0 Å². The summed E-state index contributed by atoms with van der Waals surface area (Å²) in [6.45, 7) is 1.18. The van der Waals surface area contributed by atoms with Gasteiger partial charge in [-0.25, -0.2) is 0 Å². The van der Waals surface area contributed by atoms with E-state index < -0.39 is 12.1 Å². The summed E-state index contributed by atoms with van der Waals surface area (Å²) in [5.74, 6) is -0.864. The van der Waals surface area contributed by atoms with E-state index in [2.05, 4.69) is 5.32 Å². The third-order valence-electron chi connectivity index (χ3n) is 2.10. The molecule has 70 valence electrons. The molecule has 0 amide bonds. The first-order valence-corrected chi connectivity index (χ1v) is 3.92. The van der Waals surface area contributed by atoms with Crippen LogP contribution < -0.4 is 5.32 Å². The number of hydrogen-bond donors (Lipinski definition) is 3. The fraction of sp³-hybridized carbons (Fsp3) is 0.857. The van der Waals surface area contributed by atoms with E-state index in [1.54, 1.807) is 11.9 Å². The van der Waals surface area contributed by atoms with Crippen molar-refractivity contribution in [3.05, 3.63) is 0 Å². The number of carboxylic acids is 1. The Balaban J connectivity index is 2.40. The molecule has 0 spiro atoms. The fourth-order valence-corrected chi connectivity index (χ4v) is 1.43. The molecule has 0 aromatic rings.